The summed E-state index contributed by atoms with van der Waals surface area (Å²) in [6.45, 7) is 8.94. The summed E-state index contributed by atoms with van der Waals surface area (Å²) < 4.78 is 22.6. The quantitative estimate of drug-likeness (QED) is 0.261. The van der Waals surface area contributed by atoms with Crippen LogP contribution in [0.25, 0.3) is 0 Å². The number of hydrogen-bond donors (Lipinski definition) is 0. The van der Waals surface area contributed by atoms with Crippen LogP contribution in [0.4, 0.5) is 0 Å². The molecule has 0 saturated carbocycles. The molecular weight excluding hydrogens is 493 g/mol. The zero-order chi connectivity index (χ0) is 21.0. The number of halogens is 1. The van der Waals surface area contributed by atoms with Crippen LogP contribution in [0.15, 0.2) is 60.7 Å². The lowest BCUT2D eigenvalue weighted by Gasteiger charge is -2.43. The highest BCUT2D eigenvalue weighted by Gasteiger charge is 2.44. The molecule has 2 aromatic rings. The van der Waals surface area contributed by atoms with Crippen molar-refractivity contribution in [3.63, 3.8) is 0 Å². The van der Waals surface area contributed by atoms with Crippen molar-refractivity contribution < 1.29 is 9.29 Å². The molecule has 0 amide bonds. The Morgan fingerprint density at radius 2 is 1.66 bits per heavy atom. The highest BCUT2D eigenvalue weighted by molar-refractivity contribution is 14.1. The van der Waals surface area contributed by atoms with Crippen molar-refractivity contribution in [2.45, 2.75) is 74.0 Å². The van der Waals surface area contributed by atoms with E-state index in [0.717, 1.165) is 12.8 Å². The number of nitrogens with zero attached hydrogens (tertiary/aromatic N) is 1. The van der Waals surface area contributed by atoms with E-state index in [9.17, 15) is 4.55 Å². The topological polar surface area (TPSA) is 35.5 Å². The molecule has 0 aliphatic carbocycles. The van der Waals surface area contributed by atoms with Crippen molar-refractivity contribution in [3.05, 3.63) is 71.8 Å². The summed E-state index contributed by atoms with van der Waals surface area (Å²) >= 11 is 1.32. The Balaban J connectivity index is 2.01. The second kappa shape index (κ2) is 10.1. The number of hydrogen-bond acceptors (Lipinski definition) is 3. The molecule has 158 valence electrons. The van der Waals surface area contributed by atoms with Crippen LogP contribution in [0.5, 0.6) is 0 Å². The third-order valence-corrected chi connectivity index (χ3v) is 8.81. The predicted molar refractivity (Wildman–Crippen MR) is 130 cm³/mol. The van der Waals surface area contributed by atoms with Gasteiger partial charge in [0.25, 0.3) is 0 Å². The van der Waals surface area contributed by atoms with Crippen LogP contribution >= 0.6 is 22.6 Å². The van der Waals surface area contributed by atoms with Gasteiger partial charge < -0.3 is 9.29 Å². The van der Waals surface area contributed by atoms with Gasteiger partial charge in [-0.3, -0.25) is 0 Å². The van der Waals surface area contributed by atoms with Crippen LogP contribution in [-0.2, 0) is 22.6 Å². The van der Waals surface area contributed by atoms with E-state index in [0.29, 0.717) is 10.5 Å². The SMILES string of the molecule is CC1O[C@H]([C@@H](c2ccccc2)N(Cc2ccccc2)[S+]([O-])C(C)(C)C)CCC1I. The van der Waals surface area contributed by atoms with Crippen molar-refractivity contribution in [1.29, 1.82) is 0 Å². The Morgan fingerprint density at radius 3 is 2.21 bits per heavy atom. The normalized spacial score (nSPS) is 25.0. The summed E-state index contributed by atoms with van der Waals surface area (Å²) in [4.78, 5) is 0. The first-order valence-corrected chi connectivity index (χ1v) is 12.7. The second-order valence-electron chi connectivity index (χ2n) is 8.75. The molecule has 5 atom stereocenters. The average Bonchev–Trinajstić information content (AvgIpc) is 2.70. The Hall–Kier alpha value is -0.600. The predicted octanol–water partition coefficient (Wildman–Crippen LogP) is 6.06. The van der Waals surface area contributed by atoms with Gasteiger partial charge in [0.15, 0.2) is 0 Å². The number of ether oxygens (including phenoxy) is 1. The van der Waals surface area contributed by atoms with Gasteiger partial charge in [-0.15, -0.1) is 4.31 Å². The van der Waals surface area contributed by atoms with Crippen molar-refractivity contribution in [1.82, 2.24) is 4.31 Å². The first-order chi connectivity index (χ1) is 13.8. The van der Waals surface area contributed by atoms with E-state index < -0.39 is 11.4 Å². The number of alkyl halides is 1. The first-order valence-electron chi connectivity index (χ1n) is 10.3. The summed E-state index contributed by atoms with van der Waals surface area (Å²) in [6.07, 6.45) is 2.32. The van der Waals surface area contributed by atoms with Gasteiger partial charge >= 0.3 is 0 Å². The van der Waals surface area contributed by atoms with E-state index >= 15 is 0 Å². The molecular formula is C24H32INO2S. The van der Waals surface area contributed by atoms with Crippen LogP contribution in [-0.4, -0.2) is 29.7 Å². The van der Waals surface area contributed by atoms with E-state index in [1.54, 1.807) is 0 Å². The molecule has 1 saturated heterocycles. The fraction of sp³-hybridized carbons (Fsp3) is 0.500. The molecule has 0 radical (unpaired) electrons. The molecule has 0 spiro atoms. The molecule has 29 heavy (non-hydrogen) atoms. The Labute approximate surface area is 192 Å². The van der Waals surface area contributed by atoms with Crippen molar-refractivity contribution >= 4 is 34.0 Å². The van der Waals surface area contributed by atoms with Gasteiger partial charge in [-0.2, -0.15) is 0 Å². The molecule has 0 aromatic heterocycles. The van der Waals surface area contributed by atoms with Gasteiger partial charge in [0.05, 0.1) is 18.8 Å². The fourth-order valence-corrected chi connectivity index (χ4v) is 5.77. The molecule has 2 aromatic carbocycles. The van der Waals surface area contributed by atoms with Crippen molar-refractivity contribution in [3.8, 4) is 0 Å². The van der Waals surface area contributed by atoms with E-state index in [1.807, 2.05) is 45.0 Å². The molecule has 0 N–H and O–H groups in total. The number of benzene rings is 2. The smallest absolute Gasteiger partial charge is 0.137 e. The maximum Gasteiger partial charge on any atom is 0.137 e. The second-order valence-corrected chi connectivity index (χ2v) is 12.5. The molecule has 3 rings (SSSR count). The van der Waals surface area contributed by atoms with Crippen LogP contribution < -0.4 is 0 Å². The summed E-state index contributed by atoms with van der Waals surface area (Å²) in [7, 11) is 0. The summed E-state index contributed by atoms with van der Waals surface area (Å²) in [6, 6.07) is 20.7. The molecule has 3 nitrogen and oxygen atoms in total. The van der Waals surface area contributed by atoms with Crippen LogP contribution in [0.1, 0.15) is 57.7 Å². The fourth-order valence-electron chi connectivity index (χ4n) is 3.81. The highest BCUT2D eigenvalue weighted by Crippen LogP contribution is 2.40. The van der Waals surface area contributed by atoms with E-state index in [1.165, 1.54) is 11.1 Å². The zero-order valence-corrected chi connectivity index (χ0v) is 20.7. The molecule has 5 heteroatoms. The van der Waals surface area contributed by atoms with E-state index in [4.69, 9.17) is 4.74 Å². The lowest BCUT2D eigenvalue weighted by Crippen LogP contribution is -2.50. The average molecular weight is 525 g/mol. The molecule has 0 bridgehead atoms. The van der Waals surface area contributed by atoms with Gasteiger partial charge in [0, 0.05) is 15.3 Å². The molecule has 3 unspecified atom stereocenters. The van der Waals surface area contributed by atoms with Crippen molar-refractivity contribution in [2.24, 2.45) is 0 Å². The third kappa shape index (κ3) is 5.97. The van der Waals surface area contributed by atoms with E-state index in [2.05, 4.69) is 70.2 Å². The lowest BCUT2D eigenvalue weighted by atomic mass is 9.94. The largest absolute Gasteiger partial charge is 0.597 e. The van der Waals surface area contributed by atoms with Crippen LogP contribution in [0.2, 0.25) is 0 Å². The third-order valence-electron chi connectivity index (χ3n) is 5.35. The highest BCUT2D eigenvalue weighted by atomic mass is 127. The molecule has 1 fully saturated rings. The standard InChI is InChI=1S/C24H32INO2S/c1-18-21(25)15-16-22(28-18)23(20-13-9-6-10-14-20)26(29(27)24(2,3)4)17-19-11-7-5-8-12-19/h5-14,18,21-23H,15-17H2,1-4H3/t18?,21?,22-,23+,29?/m0/s1. The molecule has 1 heterocycles. The zero-order valence-electron chi connectivity index (χ0n) is 17.8. The minimum atomic E-state index is -1.18. The van der Waals surface area contributed by atoms with Crippen molar-refractivity contribution in [2.75, 3.05) is 0 Å². The molecule has 1 aliphatic heterocycles. The molecule has 1 aliphatic rings. The maximum atomic E-state index is 13.8. The van der Waals surface area contributed by atoms with Gasteiger partial charge in [-0.25, -0.2) is 0 Å². The summed E-state index contributed by atoms with van der Waals surface area (Å²) in [5, 5.41) is 0. The Morgan fingerprint density at radius 1 is 1.07 bits per heavy atom. The number of rotatable bonds is 6. The monoisotopic (exact) mass is 525 g/mol. The first kappa shape index (κ1) is 23.1. The minimum Gasteiger partial charge on any atom is -0.597 e. The Kier molecular flexibility index (Phi) is 8.07. The van der Waals surface area contributed by atoms with Gasteiger partial charge in [0.1, 0.15) is 10.8 Å². The lowest BCUT2D eigenvalue weighted by molar-refractivity contribution is -0.0661. The summed E-state index contributed by atoms with van der Waals surface area (Å²) in [5.74, 6) is 0. The Bertz CT molecular complexity index is 752. The van der Waals surface area contributed by atoms with Crippen LogP contribution in [0.3, 0.4) is 0 Å². The van der Waals surface area contributed by atoms with Gasteiger partial charge in [0.2, 0.25) is 0 Å². The maximum absolute atomic E-state index is 13.8. The van der Waals surface area contributed by atoms with Crippen LogP contribution in [0, 0.1) is 0 Å². The van der Waals surface area contributed by atoms with Gasteiger partial charge in [-0.1, -0.05) is 83.3 Å². The van der Waals surface area contributed by atoms with Gasteiger partial charge in [-0.05, 0) is 51.7 Å². The van der Waals surface area contributed by atoms with E-state index in [-0.39, 0.29) is 23.0 Å². The minimum absolute atomic E-state index is 0.0217. The summed E-state index contributed by atoms with van der Waals surface area (Å²) in [5.41, 5.74) is 2.34.